The highest BCUT2D eigenvalue weighted by Gasteiger charge is 2.04. The lowest BCUT2D eigenvalue weighted by molar-refractivity contribution is 0.251. The van der Waals surface area contributed by atoms with Gasteiger partial charge in [0.15, 0.2) is 0 Å². The average molecular weight is 293 g/mol. The van der Waals surface area contributed by atoms with Crippen molar-refractivity contribution in [3.05, 3.63) is 18.2 Å². The van der Waals surface area contributed by atoms with Gasteiger partial charge in [-0.25, -0.2) is 4.79 Å². The highest BCUT2D eigenvalue weighted by molar-refractivity contribution is 5.55. The Kier molecular flexibility index (Phi) is 7.46. The van der Waals surface area contributed by atoms with Gasteiger partial charge in [-0.05, 0) is 28.2 Å². The van der Waals surface area contributed by atoms with Gasteiger partial charge < -0.3 is 19.3 Å². The molecule has 0 radical (unpaired) electrons. The number of hydrogen-bond donors (Lipinski definition) is 0. The average Bonchev–Trinajstić information content (AvgIpc) is 2.38. The van der Waals surface area contributed by atoms with Crippen LogP contribution in [0.25, 0.3) is 0 Å². The van der Waals surface area contributed by atoms with E-state index in [1.165, 1.54) is 6.08 Å². The number of likely N-dealkylation sites (N-methyl/N-ethyl adjacent to an activating group) is 2. The third-order valence-corrected chi connectivity index (χ3v) is 2.65. The molecule has 0 fully saturated rings. The fourth-order valence-corrected chi connectivity index (χ4v) is 1.53. The van der Waals surface area contributed by atoms with Crippen LogP contribution in [0.2, 0.25) is 0 Å². The molecular formula is C15H23N3O3. The van der Waals surface area contributed by atoms with Crippen LogP contribution in [-0.2, 0) is 4.79 Å². The Hall–Kier alpha value is -1.88. The van der Waals surface area contributed by atoms with Crippen LogP contribution in [0.4, 0.5) is 5.69 Å². The van der Waals surface area contributed by atoms with E-state index in [-0.39, 0.29) is 0 Å². The van der Waals surface area contributed by atoms with Crippen molar-refractivity contribution in [2.45, 2.75) is 0 Å². The first-order chi connectivity index (χ1) is 10.0. The summed E-state index contributed by atoms with van der Waals surface area (Å²) in [6.45, 7) is 2.72. The first-order valence-electron chi connectivity index (χ1n) is 6.79. The molecule has 0 spiro atoms. The van der Waals surface area contributed by atoms with Gasteiger partial charge >= 0.3 is 0 Å². The van der Waals surface area contributed by atoms with Crippen LogP contribution in [0.1, 0.15) is 0 Å². The summed E-state index contributed by atoms with van der Waals surface area (Å²) in [5, 5.41) is 0. The second kappa shape index (κ2) is 9.13. The number of benzene rings is 1. The van der Waals surface area contributed by atoms with Crippen molar-refractivity contribution in [3.8, 4) is 11.5 Å². The van der Waals surface area contributed by atoms with Gasteiger partial charge in [0.05, 0.1) is 5.69 Å². The molecule has 0 aliphatic carbocycles. The third-order valence-electron chi connectivity index (χ3n) is 2.65. The Balaban J connectivity index is 2.72. The summed E-state index contributed by atoms with van der Waals surface area (Å²) in [5.74, 6) is 1.27. The first-order valence-corrected chi connectivity index (χ1v) is 6.79. The van der Waals surface area contributed by atoms with E-state index in [1.54, 1.807) is 18.2 Å². The Labute approximate surface area is 126 Å². The van der Waals surface area contributed by atoms with Crippen molar-refractivity contribution in [1.29, 1.82) is 0 Å². The van der Waals surface area contributed by atoms with Crippen LogP contribution in [0.3, 0.4) is 0 Å². The zero-order valence-corrected chi connectivity index (χ0v) is 13.1. The summed E-state index contributed by atoms with van der Waals surface area (Å²) < 4.78 is 11.3. The maximum atomic E-state index is 10.4. The highest BCUT2D eigenvalue weighted by atomic mass is 16.5. The number of isocyanates is 1. The molecule has 0 saturated heterocycles. The maximum Gasteiger partial charge on any atom is 0.240 e. The van der Waals surface area contributed by atoms with E-state index >= 15 is 0 Å². The molecule has 0 saturated carbocycles. The van der Waals surface area contributed by atoms with Crippen LogP contribution in [0.5, 0.6) is 11.5 Å². The molecule has 0 bridgehead atoms. The number of nitrogens with zero attached hydrogens (tertiary/aromatic N) is 3. The zero-order valence-electron chi connectivity index (χ0n) is 13.1. The minimum atomic E-state index is 0.479. The Morgan fingerprint density at radius 2 is 1.43 bits per heavy atom. The first kappa shape index (κ1) is 17.2. The zero-order chi connectivity index (χ0) is 15.7. The fourth-order valence-electron chi connectivity index (χ4n) is 1.53. The van der Waals surface area contributed by atoms with E-state index in [2.05, 4.69) is 4.99 Å². The molecule has 0 aromatic heterocycles. The number of hydrogen-bond acceptors (Lipinski definition) is 6. The van der Waals surface area contributed by atoms with Crippen molar-refractivity contribution in [2.24, 2.45) is 4.99 Å². The molecule has 0 unspecified atom stereocenters. The molecule has 0 heterocycles. The number of ether oxygens (including phenoxy) is 2. The second-order valence-electron chi connectivity index (χ2n) is 5.17. The molecule has 1 rings (SSSR count). The molecule has 0 amide bonds. The van der Waals surface area contributed by atoms with Crippen molar-refractivity contribution in [2.75, 3.05) is 54.5 Å². The lowest BCUT2D eigenvalue weighted by atomic mass is 10.3. The monoisotopic (exact) mass is 293 g/mol. The molecule has 0 aliphatic rings. The van der Waals surface area contributed by atoms with Gasteiger partial charge in [0.25, 0.3) is 0 Å². The maximum absolute atomic E-state index is 10.4. The van der Waals surface area contributed by atoms with E-state index in [9.17, 15) is 4.79 Å². The van der Waals surface area contributed by atoms with Gasteiger partial charge in [0.2, 0.25) is 6.08 Å². The lowest BCUT2D eigenvalue weighted by Crippen LogP contribution is -2.20. The van der Waals surface area contributed by atoms with Gasteiger partial charge in [-0.1, -0.05) is 0 Å². The molecule has 116 valence electrons. The van der Waals surface area contributed by atoms with Crippen molar-refractivity contribution < 1.29 is 14.3 Å². The molecule has 21 heavy (non-hydrogen) atoms. The molecule has 0 N–H and O–H groups in total. The summed E-state index contributed by atoms with van der Waals surface area (Å²) in [4.78, 5) is 18.1. The van der Waals surface area contributed by atoms with E-state index in [4.69, 9.17) is 9.47 Å². The van der Waals surface area contributed by atoms with Crippen LogP contribution in [0, 0.1) is 0 Å². The standard InChI is InChI=1S/C15H23N3O3/c1-17(2)5-7-20-14-9-13(16-12-19)10-15(11-14)21-8-6-18(3)4/h9-11H,5-8H2,1-4H3. The summed E-state index contributed by atoms with van der Waals surface area (Å²) in [7, 11) is 7.91. The lowest BCUT2D eigenvalue weighted by Gasteiger charge is -2.14. The van der Waals surface area contributed by atoms with Crippen molar-refractivity contribution in [1.82, 2.24) is 9.80 Å². The highest BCUT2D eigenvalue weighted by Crippen LogP contribution is 2.27. The Bertz CT molecular complexity index is 451. The number of aliphatic imine (C=N–C) groups is 1. The molecule has 0 atom stereocenters. The Morgan fingerprint density at radius 1 is 0.952 bits per heavy atom. The predicted octanol–water partition coefficient (Wildman–Crippen LogP) is 1.53. The third kappa shape index (κ3) is 7.46. The predicted molar refractivity (Wildman–Crippen MR) is 82.3 cm³/mol. The summed E-state index contributed by atoms with van der Waals surface area (Å²) in [6, 6.07) is 5.19. The summed E-state index contributed by atoms with van der Waals surface area (Å²) in [5.41, 5.74) is 0.479. The fraction of sp³-hybridized carbons (Fsp3) is 0.533. The Morgan fingerprint density at radius 3 is 1.81 bits per heavy atom. The molecule has 0 aliphatic heterocycles. The van der Waals surface area contributed by atoms with Crippen LogP contribution < -0.4 is 9.47 Å². The topological polar surface area (TPSA) is 54.4 Å². The van der Waals surface area contributed by atoms with Gasteiger partial charge in [0.1, 0.15) is 24.7 Å². The SMILES string of the molecule is CN(C)CCOc1cc(N=C=O)cc(OCCN(C)C)c1. The smallest absolute Gasteiger partial charge is 0.240 e. The van der Waals surface area contributed by atoms with E-state index in [0.29, 0.717) is 30.4 Å². The van der Waals surface area contributed by atoms with Crippen LogP contribution in [0.15, 0.2) is 23.2 Å². The van der Waals surface area contributed by atoms with Gasteiger partial charge in [0, 0.05) is 31.3 Å². The summed E-state index contributed by atoms with van der Waals surface area (Å²) in [6.07, 6.45) is 1.53. The van der Waals surface area contributed by atoms with E-state index < -0.39 is 0 Å². The molecular weight excluding hydrogens is 270 g/mol. The second-order valence-corrected chi connectivity index (χ2v) is 5.17. The van der Waals surface area contributed by atoms with Crippen molar-refractivity contribution >= 4 is 11.8 Å². The van der Waals surface area contributed by atoms with Crippen LogP contribution >= 0.6 is 0 Å². The van der Waals surface area contributed by atoms with Crippen molar-refractivity contribution in [3.63, 3.8) is 0 Å². The van der Waals surface area contributed by atoms with E-state index in [0.717, 1.165) is 13.1 Å². The minimum Gasteiger partial charge on any atom is -0.492 e. The van der Waals surface area contributed by atoms with Gasteiger partial charge in [-0.3, -0.25) is 0 Å². The number of carbonyl (C=O) groups excluding carboxylic acids is 1. The largest absolute Gasteiger partial charge is 0.492 e. The molecule has 6 heteroatoms. The molecule has 1 aromatic rings. The van der Waals surface area contributed by atoms with Crippen LogP contribution in [-0.4, -0.2) is 70.4 Å². The minimum absolute atomic E-state index is 0.479. The van der Waals surface area contributed by atoms with E-state index in [1.807, 2.05) is 38.0 Å². The molecule has 1 aromatic carbocycles. The van der Waals surface area contributed by atoms with Gasteiger partial charge in [-0.15, -0.1) is 0 Å². The number of rotatable bonds is 9. The summed E-state index contributed by atoms with van der Waals surface area (Å²) >= 11 is 0. The van der Waals surface area contributed by atoms with Gasteiger partial charge in [-0.2, -0.15) is 4.99 Å². The quantitative estimate of drug-likeness (QED) is 0.510. The molecule has 6 nitrogen and oxygen atoms in total. The normalized spacial score (nSPS) is 10.6.